The van der Waals surface area contributed by atoms with E-state index < -0.39 is 0 Å². The minimum absolute atomic E-state index is 0. The third kappa shape index (κ3) is 18.9. The first-order valence-electron chi connectivity index (χ1n) is 9.85. The molecule has 0 aromatic heterocycles. The molecule has 0 unspecified atom stereocenters. The summed E-state index contributed by atoms with van der Waals surface area (Å²) in [7, 11) is 0. The van der Waals surface area contributed by atoms with Crippen molar-refractivity contribution in [1.82, 2.24) is 4.31 Å². The third-order valence-corrected chi connectivity index (χ3v) is 4.52. The summed E-state index contributed by atoms with van der Waals surface area (Å²) < 4.78 is 6.68. The number of nitrogens with zero attached hydrogens (tertiary/aromatic N) is 1. The third-order valence-electron chi connectivity index (χ3n) is 4.16. The van der Waals surface area contributed by atoms with Crippen molar-refractivity contribution in [3.63, 3.8) is 0 Å². The normalized spacial score (nSPS) is 10.3. The molecule has 0 aliphatic rings. The molecule has 0 atom stereocenters. The number of thiol groups is 1. The van der Waals surface area contributed by atoms with Crippen LogP contribution in [0.25, 0.3) is 0 Å². The van der Waals surface area contributed by atoms with Crippen molar-refractivity contribution in [3.8, 4) is 0 Å². The number of unbranched alkanes of at least 4 members (excludes halogenated alkanes) is 12. The summed E-state index contributed by atoms with van der Waals surface area (Å²) in [6.45, 7) is 5.68. The van der Waals surface area contributed by atoms with E-state index in [1.807, 2.05) is 0 Å². The van der Waals surface area contributed by atoms with E-state index in [2.05, 4.69) is 26.7 Å². The van der Waals surface area contributed by atoms with E-state index in [9.17, 15) is 4.79 Å². The van der Waals surface area contributed by atoms with Gasteiger partial charge < -0.3 is 4.74 Å². The summed E-state index contributed by atoms with van der Waals surface area (Å²) in [5, 5.41) is 0. The first-order valence-corrected chi connectivity index (χ1v) is 10.3. The Kier molecular flexibility index (Phi) is 24.1. The van der Waals surface area contributed by atoms with Gasteiger partial charge in [0.05, 0.1) is 6.61 Å². The summed E-state index contributed by atoms with van der Waals surface area (Å²) in [6.07, 6.45) is 17.1. The molecule has 0 rings (SSSR count). The number of hydrogen-bond donors (Lipinski definition) is 1. The zero-order valence-corrected chi connectivity index (χ0v) is 21.2. The summed E-state index contributed by atoms with van der Waals surface area (Å²) in [5.74, 6) is 0. The van der Waals surface area contributed by atoms with Gasteiger partial charge in [-0.05, 0) is 12.8 Å². The molecule has 0 aliphatic heterocycles. The minimum atomic E-state index is -0.287. The quantitative estimate of drug-likeness (QED) is 0.157. The predicted octanol–water partition coefficient (Wildman–Crippen LogP) is 6.77. The van der Waals surface area contributed by atoms with Crippen molar-refractivity contribution in [2.24, 2.45) is 0 Å². The van der Waals surface area contributed by atoms with Gasteiger partial charge >= 0.3 is 6.09 Å². The van der Waals surface area contributed by atoms with E-state index in [4.69, 9.17) is 4.74 Å². The molecule has 24 heavy (non-hydrogen) atoms. The van der Waals surface area contributed by atoms with E-state index in [1.54, 1.807) is 0 Å². The number of carbonyl (C=O) groups excluding carboxylic acids is 1. The van der Waals surface area contributed by atoms with Gasteiger partial charge in [-0.2, -0.15) is 0 Å². The smallest absolute Gasteiger partial charge is 0.419 e. The maximum atomic E-state index is 11.7. The molecule has 0 fully saturated rings. The molecule has 0 saturated heterocycles. The molecular weight excluding hydrogens is 419 g/mol. The van der Waals surface area contributed by atoms with Crippen molar-refractivity contribution in [2.75, 3.05) is 13.2 Å². The molecule has 1 amide bonds. The predicted molar refractivity (Wildman–Crippen MR) is 103 cm³/mol. The summed E-state index contributed by atoms with van der Waals surface area (Å²) in [6, 6.07) is 0. The van der Waals surface area contributed by atoms with E-state index in [0.717, 1.165) is 19.3 Å². The van der Waals surface area contributed by atoms with Gasteiger partial charge in [0.2, 0.25) is 0 Å². The first-order chi connectivity index (χ1) is 11.2. The van der Waals surface area contributed by atoms with Crippen LogP contribution in [0.15, 0.2) is 0 Å². The SMILES string of the molecule is CCCCCCCCCOC(=O)N(S)CCCCCCCCC.[Cd]. The van der Waals surface area contributed by atoms with Crippen LogP contribution in [-0.4, -0.2) is 23.6 Å². The van der Waals surface area contributed by atoms with E-state index in [-0.39, 0.29) is 33.4 Å². The minimum Gasteiger partial charge on any atom is -0.449 e. The van der Waals surface area contributed by atoms with Gasteiger partial charge in [-0.25, -0.2) is 4.79 Å². The van der Waals surface area contributed by atoms with Crippen LogP contribution in [-0.2, 0) is 32.0 Å². The molecule has 0 aliphatic carbocycles. The molecular formula is C19H39CdNO2S. The van der Waals surface area contributed by atoms with Crippen LogP contribution in [0.1, 0.15) is 104 Å². The van der Waals surface area contributed by atoms with Gasteiger partial charge in [-0.1, -0.05) is 104 Å². The van der Waals surface area contributed by atoms with Crippen molar-refractivity contribution in [2.45, 2.75) is 104 Å². The molecule has 0 spiro atoms. The van der Waals surface area contributed by atoms with E-state index >= 15 is 0 Å². The van der Waals surface area contributed by atoms with Crippen LogP contribution in [0.4, 0.5) is 4.79 Å². The molecule has 0 N–H and O–H groups in total. The first kappa shape index (κ1) is 26.8. The number of rotatable bonds is 16. The summed E-state index contributed by atoms with van der Waals surface area (Å²) >= 11 is 4.22. The standard InChI is InChI=1S/C19H39NO2S.Cd/c1-3-5-7-9-11-13-15-17-20(23)19(21)22-18-16-14-12-10-8-6-4-2;/h23H,3-18H2,1-2H3;. The van der Waals surface area contributed by atoms with Gasteiger partial charge in [0, 0.05) is 33.8 Å². The van der Waals surface area contributed by atoms with Crippen molar-refractivity contribution in [3.05, 3.63) is 0 Å². The molecule has 0 bridgehead atoms. The number of amides is 1. The summed E-state index contributed by atoms with van der Waals surface area (Å²) in [4.78, 5) is 11.7. The van der Waals surface area contributed by atoms with E-state index in [0.29, 0.717) is 13.2 Å². The van der Waals surface area contributed by atoms with E-state index in [1.165, 1.54) is 74.9 Å². The Hall–Kier alpha value is 0.542. The Labute approximate surface area is 176 Å². The largest absolute Gasteiger partial charge is 0.449 e. The van der Waals surface area contributed by atoms with Crippen LogP contribution in [0.5, 0.6) is 0 Å². The molecule has 0 aromatic rings. The van der Waals surface area contributed by atoms with Crippen molar-refractivity contribution >= 4 is 18.9 Å². The average Bonchev–Trinajstić information content (AvgIpc) is 2.56. The van der Waals surface area contributed by atoms with Crippen LogP contribution in [0.3, 0.4) is 0 Å². The number of carbonyl (C=O) groups is 1. The molecule has 5 heteroatoms. The van der Waals surface area contributed by atoms with Crippen LogP contribution in [0, 0.1) is 0 Å². The molecule has 140 valence electrons. The van der Waals surface area contributed by atoms with Gasteiger partial charge in [-0.15, -0.1) is 0 Å². The maximum Gasteiger partial charge on any atom is 0.419 e. The van der Waals surface area contributed by atoms with Crippen LogP contribution >= 0.6 is 12.8 Å². The second-order valence-electron chi connectivity index (χ2n) is 6.48. The fourth-order valence-corrected chi connectivity index (χ4v) is 2.80. The zero-order valence-electron chi connectivity index (χ0n) is 16.2. The molecule has 0 aromatic carbocycles. The molecule has 3 nitrogen and oxygen atoms in total. The monoisotopic (exact) mass is 459 g/mol. The second kappa shape index (κ2) is 21.6. The number of hydrogen-bond acceptors (Lipinski definition) is 3. The Morgan fingerprint density at radius 1 is 0.750 bits per heavy atom. The van der Waals surface area contributed by atoms with Crippen molar-refractivity contribution in [1.29, 1.82) is 0 Å². The molecule has 0 saturated carbocycles. The Balaban J connectivity index is 0. The Morgan fingerprint density at radius 3 is 1.67 bits per heavy atom. The van der Waals surface area contributed by atoms with Crippen LogP contribution < -0.4 is 0 Å². The second-order valence-corrected chi connectivity index (χ2v) is 6.96. The Bertz CT molecular complexity index is 268. The average molecular weight is 458 g/mol. The number of ether oxygens (including phenoxy) is 1. The molecule has 0 radical (unpaired) electrons. The fraction of sp³-hybridized carbons (Fsp3) is 0.947. The zero-order chi connectivity index (χ0) is 17.2. The van der Waals surface area contributed by atoms with Gasteiger partial charge in [0.1, 0.15) is 0 Å². The van der Waals surface area contributed by atoms with Gasteiger partial charge in [-0.3, -0.25) is 4.31 Å². The summed E-state index contributed by atoms with van der Waals surface area (Å²) in [5.41, 5.74) is 0. The van der Waals surface area contributed by atoms with Crippen molar-refractivity contribution < 1.29 is 36.8 Å². The maximum absolute atomic E-state index is 11.7. The Morgan fingerprint density at radius 2 is 1.17 bits per heavy atom. The topological polar surface area (TPSA) is 29.5 Å². The van der Waals surface area contributed by atoms with Gasteiger partial charge in [0.25, 0.3) is 0 Å². The van der Waals surface area contributed by atoms with Crippen LogP contribution in [0.2, 0.25) is 0 Å². The molecule has 0 heterocycles. The van der Waals surface area contributed by atoms with Gasteiger partial charge in [0.15, 0.2) is 0 Å². The fourth-order valence-electron chi connectivity index (χ4n) is 2.60.